The minimum absolute atomic E-state index is 0.0707. The van der Waals surface area contributed by atoms with E-state index in [-0.39, 0.29) is 22.1 Å². The number of nitrogens with zero attached hydrogens (tertiary/aromatic N) is 1. The molecular formula is C21H27Cl2NO7. The summed E-state index contributed by atoms with van der Waals surface area (Å²) in [6.07, 6.45) is 3.29. The number of aliphatic carboxylic acids is 1. The zero-order valence-corrected chi connectivity index (χ0v) is 19.3. The predicted molar refractivity (Wildman–Crippen MR) is 119 cm³/mol. The van der Waals surface area contributed by atoms with Crippen molar-refractivity contribution in [3.05, 3.63) is 59.7 Å². The van der Waals surface area contributed by atoms with Crippen molar-refractivity contribution >= 4 is 41.1 Å². The maximum Gasteiger partial charge on any atom is 0.333 e. The lowest BCUT2D eigenvalue weighted by Gasteiger charge is -2.02. The van der Waals surface area contributed by atoms with Crippen LogP contribution in [0.4, 0.5) is 0 Å². The van der Waals surface area contributed by atoms with Crippen LogP contribution in [-0.4, -0.2) is 49.4 Å². The fourth-order valence-corrected chi connectivity index (χ4v) is 0.946. The minimum atomic E-state index is -0.935. The molecule has 1 unspecified atom stereocenters. The van der Waals surface area contributed by atoms with E-state index in [4.69, 9.17) is 43.0 Å². The summed E-state index contributed by atoms with van der Waals surface area (Å²) in [5.41, 5.74) is 0.953. The topological polar surface area (TPSA) is 126 Å². The summed E-state index contributed by atoms with van der Waals surface area (Å²) >= 11 is 9.69. The molecule has 0 aromatic heterocycles. The summed E-state index contributed by atoms with van der Waals surface area (Å²) in [6, 6.07) is 1.83. The normalized spacial score (nSPS) is 12.6. The molecule has 0 bridgehead atoms. The van der Waals surface area contributed by atoms with Crippen LogP contribution in [0.1, 0.15) is 20.3 Å². The number of nitriles is 1. The molecule has 0 spiro atoms. The third-order valence-corrected chi connectivity index (χ3v) is 2.55. The van der Waals surface area contributed by atoms with E-state index in [1.165, 1.54) is 20.1 Å². The molecule has 0 saturated carbocycles. The van der Waals surface area contributed by atoms with Gasteiger partial charge >= 0.3 is 17.9 Å². The monoisotopic (exact) mass is 475 g/mol. The Hall–Kier alpha value is -2.86. The second-order valence-corrected chi connectivity index (χ2v) is 6.69. The fourth-order valence-electron chi connectivity index (χ4n) is 0.946. The number of hydrogen-bond acceptors (Lipinski definition) is 7. The molecule has 0 aromatic carbocycles. The van der Waals surface area contributed by atoms with Crippen molar-refractivity contribution in [3.8, 4) is 6.07 Å². The van der Waals surface area contributed by atoms with Gasteiger partial charge in [-0.05, 0) is 20.3 Å². The molecule has 10 heteroatoms. The number of esters is 2. The highest BCUT2D eigenvalue weighted by Crippen LogP contribution is 2.10. The molecule has 1 fully saturated rings. The maximum absolute atomic E-state index is 11.2. The molecule has 1 aliphatic heterocycles. The number of rotatable bonds is 7. The van der Waals surface area contributed by atoms with Crippen LogP contribution in [0.15, 0.2) is 59.7 Å². The summed E-state index contributed by atoms with van der Waals surface area (Å²) in [5.74, 6) is -1.71. The first-order valence-electron chi connectivity index (χ1n) is 8.43. The number of hydrogen-bond donors (Lipinski definition) is 1. The van der Waals surface area contributed by atoms with Crippen molar-refractivity contribution in [1.82, 2.24) is 0 Å². The summed E-state index contributed by atoms with van der Waals surface area (Å²) in [6.45, 7) is 17.1. The predicted octanol–water partition coefficient (Wildman–Crippen LogP) is 4.27. The van der Waals surface area contributed by atoms with Crippen molar-refractivity contribution in [2.24, 2.45) is 0 Å². The van der Waals surface area contributed by atoms with Crippen LogP contribution in [-0.2, 0) is 28.6 Å². The van der Waals surface area contributed by atoms with Gasteiger partial charge < -0.3 is 19.3 Å². The zero-order valence-electron chi connectivity index (χ0n) is 17.8. The van der Waals surface area contributed by atoms with E-state index in [9.17, 15) is 14.4 Å². The molecule has 1 atom stereocenters. The van der Waals surface area contributed by atoms with Gasteiger partial charge in [0.25, 0.3) is 0 Å². The van der Waals surface area contributed by atoms with Crippen LogP contribution in [0.3, 0.4) is 0 Å². The van der Waals surface area contributed by atoms with Crippen LogP contribution in [0.2, 0.25) is 0 Å². The van der Waals surface area contributed by atoms with Crippen LogP contribution < -0.4 is 0 Å². The number of carbonyl (C=O) groups excluding carboxylic acids is 2. The lowest BCUT2D eigenvalue weighted by atomic mass is 10.2. The van der Waals surface area contributed by atoms with Crippen molar-refractivity contribution in [3.63, 3.8) is 0 Å². The first kappa shape index (κ1) is 32.8. The van der Waals surface area contributed by atoms with E-state index in [2.05, 4.69) is 31.1 Å². The number of carbonyl (C=O) groups is 3. The Balaban J connectivity index is -0.000000388. The van der Waals surface area contributed by atoms with E-state index in [0.717, 1.165) is 0 Å². The summed E-state index contributed by atoms with van der Waals surface area (Å²) < 4.78 is 14.1. The molecule has 1 rings (SSSR count). The zero-order chi connectivity index (χ0) is 25.0. The van der Waals surface area contributed by atoms with Crippen molar-refractivity contribution < 1.29 is 33.7 Å². The average molecular weight is 476 g/mol. The summed E-state index contributed by atoms with van der Waals surface area (Å²) in [7, 11) is 1.33. The quantitative estimate of drug-likeness (QED) is 0.250. The molecule has 1 N–H and O–H groups in total. The average Bonchev–Trinajstić information content (AvgIpc) is 3.50. The SMILES string of the molecule is C=C(C)C(=O)O.C=C(C)C(=O)OC.C=C(CC=CC#N)C(=O)OCC1CO1.C=C(Cl)Cl. The Labute approximate surface area is 192 Å². The van der Waals surface area contributed by atoms with E-state index >= 15 is 0 Å². The second kappa shape index (κ2) is 20.4. The first-order valence-corrected chi connectivity index (χ1v) is 9.19. The molecule has 1 saturated heterocycles. The second-order valence-electron chi connectivity index (χ2n) is 5.59. The number of halogens is 2. The molecule has 8 nitrogen and oxygen atoms in total. The highest BCUT2D eigenvalue weighted by Gasteiger charge is 2.24. The van der Waals surface area contributed by atoms with E-state index in [1.807, 2.05) is 6.07 Å². The van der Waals surface area contributed by atoms with Gasteiger partial charge in [0.1, 0.15) is 12.7 Å². The van der Waals surface area contributed by atoms with E-state index in [0.29, 0.717) is 30.8 Å². The Morgan fingerprint density at radius 2 is 1.61 bits per heavy atom. The van der Waals surface area contributed by atoms with Gasteiger partial charge in [-0.2, -0.15) is 5.26 Å². The van der Waals surface area contributed by atoms with Crippen LogP contribution in [0, 0.1) is 11.3 Å². The third-order valence-electron chi connectivity index (χ3n) is 2.55. The standard InChI is InChI=1S/C10H11NO3.C5H8O2.C4H6O2.C2H2Cl2/c1-8(4-2-3-5-11)10(12)14-7-9-6-13-9;1-4(2)5(6)7-3;1-3(2)4(5)6;1-2(3)4/h2-3,9H,1,4,6-7H2;1H2,2-3H3;1H2,2H3,(H,5,6);1H2. The van der Waals surface area contributed by atoms with Crippen molar-refractivity contribution in [2.45, 2.75) is 26.4 Å². The van der Waals surface area contributed by atoms with Crippen molar-refractivity contribution in [1.29, 1.82) is 5.26 Å². The molecule has 1 aliphatic rings. The highest BCUT2D eigenvalue weighted by molar-refractivity contribution is 6.55. The number of epoxide rings is 1. The molecule has 172 valence electrons. The molecule has 0 aromatic rings. The molecule has 0 aliphatic carbocycles. The first-order chi connectivity index (χ1) is 14.3. The van der Waals surface area contributed by atoms with Crippen LogP contribution in [0.25, 0.3) is 0 Å². The largest absolute Gasteiger partial charge is 0.478 e. The fraction of sp³-hybridized carbons (Fsp3) is 0.333. The van der Waals surface area contributed by atoms with E-state index < -0.39 is 11.9 Å². The molecular weight excluding hydrogens is 449 g/mol. The Bertz CT molecular complexity index is 717. The summed E-state index contributed by atoms with van der Waals surface area (Å²) in [5, 5.41) is 16.1. The van der Waals surface area contributed by atoms with Gasteiger partial charge in [-0.3, -0.25) is 0 Å². The molecule has 0 radical (unpaired) electrons. The minimum Gasteiger partial charge on any atom is -0.478 e. The number of ether oxygens (including phenoxy) is 3. The third kappa shape index (κ3) is 29.4. The molecule has 31 heavy (non-hydrogen) atoms. The Kier molecular flexibility index (Phi) is 21.6. The van der Waals surface area contributed by atoms with Gasteiger partial charge in [0, 0.05) is 22.8 Å². The number of allylic oxidation sites excluding steroid dienone is 2. The maximum atomic E-state index is 11.2. The van der Waals surface area contributed by atoms with E-state index in [1.54, 1.807) is 13.0 Å². The molecule has 1 heterocycles. The smallest absolute Gasteiger partial charge is 0.333 e. The lowest BCUT2D eigenvalue weighted by molar-refractivity contribution is -0.139. The van der Waals surface area contributed by atoms with Crippen LogP contribution >= 0.6 is 23.2 Å². The van der Waals surface area contributed by atoms with Gasteiger partial charge in [-0.15, -0.1) is 0 Å². The van der Waals surface area contributed by atoms with Gasteiger partial charge in [0.05, 0.1) is 24.3 Å². The number of carboxylic acid groups (broad SMARTS) is 1. The number of methoxy groups -OCH3 is 1. The molecule has 0 amide bonds. The highest BCUT2D eigenvalue weighted by atomic mass is 35.5. The summed E-state index contributed by atoms with van der Waals surface area (Å²) in [4.78, 5) is 31.0. The lowest BCUT2D eigenvalue weighted by Crippen LogP contribution is -2.11. The Morgan fingerprint density at radius 3 is 1.87 bits per heavy atom. The number of carboxylic acids is 1. The van der Waals surface area contributed by atoms with Gasteiger partial charge in [0.15, 0.2) is 0 Å². The van der Waals surface area contributed by atoms with Crippen LogP contribution in [0.5, 0.6) is 0 Å². The van der Waals surface area contributed by atoms with Gasteiger partial charge in [-0.25, -0.2) is 14.4 Å². The Morgan fingerprint density at radius 1 is 1.16 bits per heavy atom. The van der Waals surface area contributed by atoms with Gasteiger partial charge in [0.2, 0.25) is 0 Å². The van der Waals surface area contributed by atoms with Crippen molar-refractivity contribution in [2.75, 3.05) is 20.3 Å². The van der Waals surface area contributed by atoms with Gasteiger partial charge in [-0.1, -0.05) is 55.6 Å².